The minimum Gasteiger partial charge on any atom is -0.366 e. The Morgan fingerprint density at radius 1 is 1.40 bits per heavy atom. The predicted molar refractivity (Wildman–Crippen MR) is 55.3 cm³/mol. The van der Waals surface area contributed by atoms with Gasteiger partial charge in [0, 0.05) is 23.1 Å². The first kappa shape index (κ1) is 8.23. The number of nitrogens with zero attached hydrogens (tertiary/aromatic N) is 1. The number of hydrogen-bond acceptors (Lipinski definition) is 2. The van der Waals surface area contributed by atoms with Crippen LogP contribution in [-0.4, -0.2) is 16.1 Å². The molecule has 0 spiro atoms. The summed E-state index contributed by atoms with van der Waals surface area (Å²) in [5.41, 5.74) is 10.3. The Labute approximate surface area is 86.1 Å². The highest BCUT2D eigenvalue weighted by atomic mass is 16.1. The molecule has 2 aromatic rings. The molecule has 15 heavy (non-hydrogen) atoms. The first-order valence-corrected chi connectivity index (χ1v) is 4.71. The van der Waals surface area contributed by atoms with Gasteiger partial charge in [-0.1, -0.05) is 6.07 Å². The van der Waals surface area contributed by atoms with Gasteiger partial charge in [-0.2, -0.15) is 5.10 Å². The van der Waals surface area contributed by atoms with E-state index in [0.29, 0.717) is 5.56 Å². The van der Waals surface area contributed by atoms with Crippen LogP contribution < -0.4 is 5.73 Å². The molecule has 1 aliphatic rings. The standard InChI is InChI=1S/C11H9N3O/c12-11(15)6-1-2-9-7(3-6)4-8-5-13-14-10(8)9/h1-3,5H,4H2,(H2,12,15)(H,13,14). The second kappa shape index (κ2) is 2.70. The molecule has 1 aromatic carbocycles. The fraction of sp³-hybridized carbons (Fsp3) is 0.0909. The SMILES string of the molecule is NC(=O)c1ccc2c(c1)Cc1cn[nH]c1-2. The molecular weight excluding hydrogens is 190 g/mol. The van der Waals surface area contributed by atoms with Crippen LogP contribution in [0.1, 0.15) is 21.5 Å². The van der Waals surface area contributed by atoms with Crippen LogP contribution in [0, 0.1) is 0 Å². The highest BCUT2D eigenvalue weighted by Gasteiger charge is 2.20. The van der Waals surface area contributed by atoms with Crippen LogP contribution in [0.2, 0.25) is 0 Å². The van der Waals surface area contributed by atoms with E-state index in [-0.39, 0.29) is 5.91 Å². The Balaban J connectivity index is 2.17. The largest absolute Gasteiger partial charge is 0.366 e. The number of amides is 1. The van der Waals surface area contributed by atoms with Gasteiger partial charge in [0.25, 0.3) is 0 Å². The number of carbonyl (C=O) groups excluding carboxylic acids is 1. The number of benzene rings is 1. The minimum absolute atomic E-state index is 0.383. The summed E-state index contributed by atoms with van der Waals surface area (Å²) in [6.07, 6.45) is 2.64. The number of fused-ring (bicyclic) bond motifs is 3. The summed E-state index contributed by atoms with van der Waals surface area (Å²) in [4.78, 5) is 11.0. The summed E-state index contributed by atoms with van der Waals surface area (Å²) < 4.78 is 0. The number of nitrogens with two attached hydrogens (primary N) is 1. The second-order valence-electron chi connectivity index (χ2n) is 3.68. The van der Waals surface area contributed by atoms with Crippen molar-refractivity contribution >= 4 is 5.91 Å². The Morgan fingerprint density at radius 2 is 2.27 bits per heavy atom. The smallest absolute Gasteiger partial charge is 0.248 e. The van der Waals surface area contributed by atoms with E-state index in [9.17, 15) is 4.79 Å². The van der Waals surface area contributed by atoms with Crippen molar-refractivity contribution in [3.8, 4) is 11.3 Å². The van der Waals surface area contributed by atoms with E-state index in [1.165, 1.54) is 5.56 Å². The first-order valence-electron chi connectivity index (χ1n) is 4.71. The Bertz CT molecular complexity index is 557. The van der Waals surface area contributed by atoms with Crippen molar-refractivity contribution in [2.75, 3.05) is 0 Å². The molecule has 0 radical (unpaired) electrons. The third-order valence-electron chi connectivity index (χ3n) is 2.76. The Morgan fingerprint density at radius 3 is 3.07 bits per heavy atom. The zero-order valence-corrected chi connectivity index (χ0v) is 7.95. The van der Waals surface area contributed by atoms with Crippen LogP contribution >= 0.6 is 0 Å². The number of aromatic nitrogens is 2. The molecule has 3 N–H and O–H groups in total. The summed E-state index contributed by atoms with van der Waals surface area (Å²) in [5, 5.41) is 6.94. The van der Waals surface area contributed by atoms with E-state index in [4.69, 9.17) is 5.73 Å². The lowest BCUT2D eigenvalue weighted by atomic mass is 10.1. The molecule has 74 valence electrons. The molecular formula is C11H9N3O. The summed E-state index contributed by atoms with van der Waals surface area (Å²) in [6.45, 7) is 0. The van der Waals surface area contributed by atoms with Crippen molar-refractivity contribution in [1.29, 1.82) is 0 Å². The minimum atomic E-state index is -0.383. The first-order chi connectivity index (χ1) is 7.25. The number of H-pyrrole nitrogens is 1. The van der Waals surface area contributed by atoms with Gasteiger partial charge in [0.2, 0.25) is 5.91 Å². The number of nitrogens with one attached hydrogen (secondary N) is 1. The molecule has 0 bridgehead atoms. The molecule has 0 saturated carbocycles. The number of aromatic amines is 1. The van der Waals surface area contributed by atoms with Gasteiger partial charge in [-0.25, -0.2) is 0 Å². The average Bonchev–Trinajstić information content (AvgIpc) is 2.75. The van der Waals surface area contributed by atoms with E-state index >= 15 is 0 Å². The van der Waals surface area contributed by atoms with Crippen LogP contribution in [0.3, 0.4) is 0 Å². The zero-order valence-electron chi connectivity index (χ0n) is 7.95. The summed E-state index contributed by atoms with van der Waals surface area (Å²) >= 11 is 0. The van der Waals surface area contributed by atoms with E-state index in [2.05, 4.69) is 10.2 Å². The van der Waals surface area contributed by atoms with E-state index < -0.39 is 0 Å². The third-order valence-corrected chi connectivity index (χ3v) is 2.76. The van der Waals surface area contributed by atoms with Crippen molar-refractivity contribution < 1.29 is 4.79 Å². The fourth-order valence-corrected chi connectivity index (χ4v) is 2.02. The van der Waals surface area contributed by atoms with Crippen LogP contribution in [0.25, 0.3) is 11.3 Å². The highest BCUT2D eigenvalue weighted by Crippen LogP contribution is 2.34. The number of rotatable bonds is 1. The molecule has 1 aromatic heterocycles. The monoisotopic (exact) mass is 199 g/mol. The lowest BCUT2D eigenvalue weighted by Gasteiger charge is -2.01. The molecule has 0 unspecified atom stereocenters. The lowest BCUT2D eigenvalue weighted by Crippen LogP contribution is -2.10. The number of hydrogen-bond donors (Lipinski definition) is 2. The summed E-state index contributed by atoms with van der Waals surface area (Å²) in [7, 11) is 0. The van der Waals surface area contributed by atoms with Crippen molar-refractivity contribution in [3.05, 3.63) is 41.1 Å². The van der Waals surface area contributed by atoms with Gasteiger partial charge in [0.05, 0.1) is 11.9 Å². The van der Waals surface area contributed by atoms with E-state index in [1.807, 2.05) is 18.3 Å². The molecule has 1 aliphatic carbocycles. The quantitative estimate of drug-likeness (QED) is 0.615. The van der Waals surface area contributed by atoms with Crippen LogP contribution in [0.4, 0.5) is 0 Å². The fourth-order valence-electron chi connectivity index (χ4n) is 2.02. The highest BCUT2D eigenvalue weighted by molar-refractivity contribution is 5.94. The predicted octanol–water partition coefficient (Wildman–Crippen LogP) is 1.08. The Kier molecular flexibility index (Phi) is 1.48. The maximum atomic E-state index is 11.0. The van der Waals surface area contributed by atoms with Crippen LogP contribution in [-0.2, 0) is 6.42 Å². The summed E-state index contributed by atoms with van der Waals surface area (Å²) in [5.74, 6) is -0.383. The van der Waals surface area contributed by atoms with Gasteiger partial charge in [-0.05, 0) is 17.7 Å². The van der Waals surface area contributed by atoms with Crippen LogP contribution in [0.5, 0.6) is 0 Å². The summed E-state index contributed by atoms with van der Waals surface area (Å²) in [6, 6.07) is 5.52. The van der Waals surface area contributed by atoms with Crippen molar-refractivity contribution in [2.45, 2.75) is 6.42 Å². The number of carbonyl (C=O) groups is 1. The molecule has 1 heterocycles. The van der Waals surface area contributed by atoms with Crippen LogP contribution in [0.15, 0.2) is 24.4 Å². The second-order valence-corrected chi connectivity index (χ2v) is 3.68. The van der Waals surface area contributed by atoms with Gasteiger partial charge in [0.15, 0.2) is 0 Å². The molecule has 4 heteroatoms. The van der Waals surface area contributed by atoms with E-state index in [1.54, 1.807) is 6.07 Å². The molecule has 4 nitrogen and oxygen atoms in total. The molecule has 1 amide bonds. The maximum absolute atomic E-state index is 11.0. The van der Waals surface area contributed by atoms with Crippen molar-refractivity contribution in [3.63, 3.8) is 0 Å². The number of primary amides is 1. The molecule has 0 saturated heterocycles. The molecule has 0 fully saturated rings. The molecule has 3 rings (SSSR count). The van der Waals surface area contributed by atoms with Crippen molar-refractivity contribution in [1.82, 2.24) is 10.2 Å². The third kappa shape index (κ3) is 1.08. The maximum Gasteiger partial charge on any atom is 0.248 e. The van der Waals surface area contributed by atoms with Gasteiger partial charge >= 0.3 is 0 Å². The molecule has 0 atom stereocenters. The van der Waals surface area contributed by atoms with Gasteiger partial charge < -0.3 is 5.73 Å². The van der Waals surface area contributed by atoms with Gasteiger partial charge in [-0.3, -0.25) is 9.89 Å². The zero-order chi connectivity index (χ0) is 10.4. The van der Waals surface area contributed by atoms with Gasteiger partial charge in [0.1, 0.15) is 0 Å². The normalized spacial score (nSPS) is 12.3. The van der Waals surface area contributed by atoms with E-state index in [0.717, 1.165) is 23.2 Å². The Hall–Kier alpha value is -2.10. The molecule has 0 aliphatic heterocycles. The van der Waals surface area contributed by atoms with Gasteiger partial charge in [-0.15, -0.1) is 0 Å². The average molecular weight is 199 g/mol. The lowest BCUT2D eigenvalue weighted by molar-refractivity contribution is 0.1000. The van der Waals surface area contributed by atoms with Crippen molar-refractivity contribution in [2.24, 2.45) is 5.73 Å². The topological polar surface area (TPSA) is 71.8 Å².